The van der Waals surface area contributed by atoms with Crippen LogP contribution in [-0.4, -0.2) is 43.3 Å². The van der Waals surface area contributed by atoms with Gasteiger partial charge in [0, 0.05) is 31.6 Å². The van der Waals surface area contributed by atoms with E-state index in [1.165, 1.54) is 6.33 Å². The lowest BCUT2D eigenvalue weighted by molar-refractivity contribution is -0.129. The first-order valence-electron chi connectivity index (χ1n) is 4.91. The van der Waals surface area contributed by atoms with Crippen LogP contribution in [0.3, 0.4) is 0 Å². The van der Waals surface area contributed by atoms with Crippen molar-refractivity contribution >= 4 is 6.47 Å². The number of nitrogens with zero attached hydrogens (tertiary/aromatic N) is 2. The van der Waals surface area contributed by atoms with Gasteiger partial charge in [-0.1, -0.05) is 0 Å². The molecule has 0 saturated carbocycles. The lowest BCUT2D eigenvalue weighted by Crippen LogP contribution is -2.28. The zero-order valence-corrected chi connectivity index (χ0v) is 9.13. The summed E-state index contributed by atoms with van der Waals surface area (Å²) < 4.78 is 9.67. The quantitative estimate of drug-likeness (QED) is 0.493. The number of hydrogen-bond acceptors (Lipinski definition) is 6. The fourth-order valence-corrected chi connectivity index (χ4v) is 1.23. The summed E-state index contributed by atoms with van der Waals surface area (Å²) in [5, 5.41) is 3.18. The number of ether oxygens (including phenoxy) is 2. The fraction of sp³-hybridized carbons (Fsp3) is 0.500. The van der Waals surface area contributed by atoms with Gasteiger partial charge in [-0.15, -0.1) is 0 Å². The third kappa shape index (κ3) is 4.33. The highest BCUT2D eigenvalue weighted by Gasteiger charge is 2.11. The Morgan fingerprint density at radius 2 is 2.25 bits per heavy atom. The van der Waals surface area contributed by atoms with Crippen molar-refractivity contribution in [1.29, 1.82) is 0 Å². The number of carbonyl (C=O) groups is 1. The van der Waals surface area contributed by atoms with Gasteiger partial charge in [-0.05, 0) is 0 Å². The number of aromatic nitrogens is 2. The lowest BCUT2D eigenvalue weighted by Gasteiger charge is -2.16. The molecule has 0 fully saturated rings. The molecule has 1 aromatic heterocycles. The second kappa shape index (κ2) is 7.72. The molecule has 6 nitrogen and oxygen atoms in total. The largest absolute Gasteiger partial charge is 0.466 e. The first-order valence-corrected chi connectivity index (χ1v) is 4.91. The highest BCUT2D eigenvalue weighted by molar-refractivity contribution is 5.37. The smallest absolute Gasteiger partial charge is 0.293 e. The molecule has 0 aliphatic rings. The molecule has 0 amide bonds. The van der Waals surface area contributed by atoms with E-state index in [1.54, 1.807) is 19.5 Å². The van der Waals surface area contributed by atoms with Crippen LogP contribution in [0.4, 0.5) is 0 Å². The number of nitrogens with one attached hydrogen (secondary N) is 1. The third-order valence-corrected chi connectivity index (χ3v) is 2.01. The van der Waals surface area contributed by atoms with Gasteiger partial charge < -0.3 is 14.8 Å². The van der Waals surface area contributed by atoms with Crippen molar-refractivity contribution in [2.75, 3.05) is 26.9 Å². The van der Waals surface area contributed by atoms with Gasteiger partial charge in [0.05, 0.1) is 12.6 Å². The van der Waals surface area contributed by atoms with Crippen molar-refractivity contribution < 1.29 is 14.3 Å². The first kappa shape index (κ1) is 12.5. The van der Waals surface area contributed by atoms with Crippen LogP contribution >= 0.6 is 0 Å². The summed E-state index contributed by atoms with van der Waals surface area (Å²) in [6.45, 7) is 1.93. The molecule has 0 aliphatic heterocycles. The topological polar surface area (TPSA) is 73.3 Å². The van der Waals surface area contributed by atoms with Crippen LogP contribution < -0.4 is 5.32 Å². The summed E-state index contributed by atoms with van der Waals surface area (Å²) in [5.41, 5.74) is 0.875. The molecule has 16 heavy (non-hydrogen) atoms. The second-order valence-electron chi connectivity index (χ2n) is 3.10. The second-order valence-corrected chi connectivity index (χ2v) is 3.10. The standard InChI is InChI=1S/C10H15N3O3/c1-15-3-2-13-10(6-16-8-14)9-4-11-7-12-5-9/h4-5,7-8,10,13H,2-3,6H2,1H3. The van der Waals surface area contributed by atoms with Crippen molar-refractivity contribution in [3.8, 4) is 0 Å². The Morgan fingerprint density at radius 1 is 1.50 bits per heavy atom. The normalized spacial score (nSPS) is 12.1. The molecule has 1 aromatic rings. The average molecular weight is 225 g/mol. The van der Waals surface area contributed by atoms with Gasteiger partial charge in [0.15, 0.2) is 0 Å². The highest BCUT2D eigenvalue weighted by Crippen LogP contribution is 2.09. The summed E-state index contributed by atoms with van der Waals surface area (Å²) in [6.07, 6.45) is 4.83. The maximum absolute atomic E-state index is 10.2. The lowest BCUT2D eigenvalue weighted by atomic mass is 10.1. The van der Waals surface area contributed by atoms with E-state index in [9.17, 15) is 4.79 Å². The molecule has 6 heteroatoms. The van der Waals surface area contributed by atoms with Gasteiger partial charge in [0.25, 0.3) is 6.47 Å². The van der Waals surface area contributed by atoms with Crippen molar-refractivity contribution in [2.45, 2.75) is 6.04 Å². The first-order chi connectivity index (χ1) is 7.88. The Balaban J connectivity index is 2.52. The van der Waals surface area contributed by atoms with E-state index in [0.717, 1.165) is 5.56 Å². The van der Waals surface area contributed by atoms with E-state index >= 15 is 0 Å². The van der Waals surface area contributed by atoms with Crippen molar-refractivity contribution in [1.82, 2.24) is 15.3 Å². The monoisotopic (exact) mass is 225 g/mol. The molecular formula is C10H15N3O3. The number of hydrogen-bond donors (Lipinski definition) is 1. The molecule has 0 spiro atoms. The Morgan fingerprint density at radius 3 is 2.88 bits per heavy atom. The van der Waals surface area contributed by atoms with Crippen LogP contribution in [0.15, 0.2) is 18.7 Å². The molecule has 0 bridgehead atoms. The van der Waals surface area contributed by atoms with E-state index in [1.807, 2.05) is 0 Å². The van der Waals surface area contributed by atoms with E-state index in [-0.39, 0.29) is 12.6 Å². The van der Waals surface area contributed by atoms with Gasteiger partial charge in [-0.25, -0.2) is 9.97 Å². The Labute approximate surface area is 94.0 Å². The molecule has 1 heterocycles. The predicted octanol–water partition coefficient (Wildman–Crippen LogP) is -0.0733. The van der Waals surface area contributed by atoms with Gasteiger partial charge >= 0.3 is 0 Å². The summed E-state index contributed by atoms with van der Waals surface area (Å²) in [4.78, 5) is 18.0. The Bertz CT molecular complexity index is 295. The third-order valence-electron chi connectivity index (χ3n) is 2.01. The minimum Gasteiger partial charge on any atom is -0.466 e. The van der Waals surface area contributed by atoms with E-state index in [2.05, 4.69) is 15.3 Å². The van der Waals surface area contributed by atoms with Gasteiger partial charge in [0.2, 0.25) is 0 Å². The zero-order valence-electron chi connectivity index (χ0n) is 9.13. The van der Waals surface area contributed by atoms with Crippen LogP contribution in [0, 0.1) is 0 Å². The van der Waals surface area contributed by atoms with Crippen molar-refractivity contribution in [3.63, 3.8) is 0 Å². The van der Waals surface area contributed by atoms with Crippen molar-refractivity contribution in [2.24, 2.45) is 0 Å². The number of rotatable bonds is 8. The molecule has 88 valence electrons. The highest BCUT2D eigenvalue weighted by atomic mass is 16.5. The zero-order chi connectivity index (χ0) is 11.6. The average Bonchev–Trinajstić information content (AvgIpc) is 2.35. The van der Waals surface area contributed by atoms with Crippen molar-refractivity contribution in [3.05, 3.63) is 24.3 Å². The van der Waals surface area contributed by atoms with E-state index in [4.69, 9.17) is 9.47 Å². The van der Waals surface area contributed by atoms with Gasteiger partial charge in [0.1, 0.15) is 12.9 Å². The minimum absolute atomic E-state index is 0.110. The molecule has 1 rings (SSSR count). The molecule has 0 saturated heterocycles. The predicted molar refractivity (Wildman–Crippen MR) is 56.7 cm³/mol. The Kier molecular flexibility index (Phi) is 6.05. The van der Waals surface area contributed by atoms with Crippen LogP contribution in [0.5, 0.6) is 0 Å². The molecular weight excluding hydrogens is 210 g/mol. The Hall–Kier alpha value is -1.53. The van der Waals surface area contributed by atoms with E-state index < -0.39 is 0 Å². The summed E-state index contributed by atoms with van der Waals surface area (Å²) in [5.74, 6) is 0. The summed E-state index contributed by atoms with van der Waals surface area (Å²) in [7, 11) is 1.63. The maximum atomic E-state index is 10.2. The molecule has 1 unspecified atom stereocenters. The number of methoxy groups -OCH3 is 1. The van der Waals surface area contributed by atoms with Crippen LogP contribution in [0.2, 0.25) is 0 Å². The fourth-order valence-electron chi connectivity index (χ4n) is 1.23. The maximum Gasteiger partial charge on any atom is 0.293 e. The molecule has 0 aliphatic carbocycles. The summed E-state index contributed by atoms with van der Waals surface area (Å²) >= 11 is 0. The van der Waals surface area contributed by atoms with Crippen LogP contribution in [-0.2, 0) is 14.3 Å². The minimum atomic E-state index is -0.110. The SMILES string of the molecule is COCCNC(COC=O)c1cncnc1. The molecule has 1 atom stereocenters. The van der Waals surface area contributed by atoms with E-state index in [0.29, 0.717) is 19.6 Å². The number of carbonyl (C=O) groups excluding carboxylic acids is 1. The van der Waals surface area contributed by atoms with Gasteiger partial charge in [-0.3, -0.25) is 4.79 Å². The molecule has 0 radical (unpaired) electrons. The molecule has 1 N–H and O–H groups in total. The van der Waals surface area contributed by atoms with Crippen LogP contribution in [0.25, 0.3) is 0 Å². The van der Waals surface area contributed by atoms with Crippen LogP contribution in [0.1, 0.15) is 11.6 Å². The van der Waals surface area contributed by atoms with Gasteiger partial charge in [-0.2, -0.15) is 0 Å². The summed E-state index contributed by atoms with van der Waals surface area (Å²) in [6, 6.07) is -0.110. The molecule has 0 aromatic carbocycles.